The zero-order valence-electron chi connectivity index (χ0n) is 29.1. The Kier molecular flexibility index (Phi) is 10.5. The van der Waals surface area contributed by atoms with E-state index in [0.29, 0.717) is 71.3 Å². The topological polar surface area (TPSA) is 187 Å². The SMILES string of the molecule is O=C(CCCCCN1C=CC=c2o/c(=C3\C=C(c4nc5c(ccc[n+]5CCCCCC(=O)ON5C(=O)CCC5=O)o4)CC3)nc21)ON1C(=O)CCC1=O. The van der Waals surface area contributed by atoms with Gasteiger partial charge in [0.2, 0.25) is 11.1 Å². The average Bonchev–Trinajstić information content (AvgIpc) is 3.99. The van der Waals surface area contributed by atoms with E-state index in [4.69, 9.17) is 28.5 Å². The minimum atomic E-state index is -0.591. The molecular formula is C37H39N6O10+. The van der Waals surface area contributed by atoms with Crippen molar-refractivity contribution in [2.24, 2.45) is 0 Å². The molecule has 276 valence electrons. The van der Waals surface area contributed by atoms with Gasteiger partial charge in [-0.1, -0.05) is 6.42 Å². The number of pyridine rings is 1. The smallest absolute Gasteiger partial charge is 0.370 e. The number of imide groups is 2. The molecule has 2 saturated heterocycles. The Bertz CT molecular complexity index is 2130. The van der Waals surface area contributed by atoms with Gasteiger partial charge in [0.1, 0.15) is 0 Å². The molecule has 4 aliphatic rings. The summed E-state index contributed by atoms with van der Waals surface area (Å²) in [5.74, 6) is -1.86. The second kappa shape index (κ2) is 15.8. The lowest BCUT2D eigenvalue weighted by Gasteiger charge is -2.18. The zero-order chi connectivity index (χ0) is 36.9. The molecule has 53 heavy (non-hydrogen) atoms. The maximum atomic E-state index is 12.1. The van der Waals surface area contributed by atoms with Crippen LogP contribution in [0.2, 0.25) is 0 Å². The van der Waals surface area contributed by atoms with Gasteiger partial charge in [0, 0.05) is 67.4 Å². The molecule has 3 aromatic rings. The fourth-order valence-corrected chi connectivity index (χ4v) is 6.55. The monoisotopic (exact) mass is 727 g/mol. The van der Waals surface area contributed by atoms with Crippen molar-refractivity contribution in [2.75, 3.05) is 11.4 Å². The molecule has 0 aromatic carbocycles. The molecule has 4 amide bonds. The largest absolute Gasteiger partial charge is 0.435 e. The van der Waals surface area contributed by atoms with Crippen LogP contribution in [0.3, 0.4) is 0 Å². The van der Waals surface area contributed by atoms with E-state index in [0.717, 1.165) is 48.3 Å². The number of oxazole rings is 2. The van der Waals surface area contributed by atoms with Gasteiger partial charge in [0.25, 0.3) is 23.6 Å². The van der Waals surface area contributed by atoms with Gasteiger partial charge in [-0.25, -0.2) is 14.2 Å². The lowest BCUT2D eigenvalue weighted by Crippen LogP contribution is -2.34. The van der Waals surface area contributed by atoms with Crippen LogP contribution in [0.4, 0.5) is 5.82 Å². The van der Waals surface area contributed by atoms with Crippen LogP contribution < -0.4 is 20.4 Å². The fourth-order valence-electron chi connectivity index (χ4n) is 6.55. The molecule has 0 bridgehead atoms. The summed E-state index contributed by atoms with van der Waals surface area (Å²) in [7, 11) is 0. The Morgan fingerprint density at radius 1 is 0.774 bits per heavy atom. The highest BCUT2D eigenvalue weighted by Gasteiger charge is 2.34. The number of nitrogens with zero attached hydrogens (tertiary/aromatic N) is 6. The van der Waals surface area contributed by atoms with Crippen LogP contribution in [0.15, 0.2) is 45.5 Å². The molecule has 16 nitrogen and oxygen atoms in total. The number of hydrogen-bond donors (Lipinski definition) is 0. The first-order valence-electron chi connectivity index (χ1n) is 18.0. The fraction of sp³-hybridized carbons (Fsp3) is 0.432. The first-order chi connectivity index (χ1) is 25.7. The quantitative estimate of drug-likeness (QED) is 0.126. The van der Waals surface area contributed by atoms with Gasteiger partial charge in [-0.3, -0.25) is 19.2 Å². The number of carbonyl (C=O) groups excluding carboxylic acids is 6. The Labute approximate surface area is 302 Å². The summed E-state index contributed by atoms with van der Waals surface area (Å²) in [4.78, 5) is 92.3. The molecule has 0 saturated carbocycles. The van der Waals surface area contributed by atoms with Crippen LogP contribution in [0.25, 0.3) is 28.5 Å². The van der Waals surface area contributed by atoms with E-state index in [2.05, 4.69) is 0 Å². The van der Waals surface area contributed by atoms with Gasteiger partial charge in [-0.15, -0.1) is 10.1 Å². The molecule has 6 heterocycles. The van der Waals surface area contributed by atoms with Crippen molar-refractivity contribution in [3.63, 3.8) is 0 Å². The summed E-state index contributed by atoms with van der Waals surface area (Å²) in [5.41, 5.74) is 4.48. The van der Waals surface area contributed by atoms with E-state index in [1.54, 1.807) is 0 Å². The standard InChI is InChI=1S/C37H39N6O10/c44-28-15-16-29(45)42(28)52-32(48)11-3-1-5-19-40-21-7-9-26-34(40)38-36(50-26)24-13-14-25(23-24)37-39-35-27(51-37)10-8-22-41(35)20-6-2-4-12-33(49)53-43-30(46)17-18-31(43)47/h7-10,21-23H,1-6,11-20H2/q+1. The third-order valence-electron chi connectivity index (χ3n) is 9.36. The number of hydrogen-bond acceptors (Lipinski definition) is 13. The Hall–Kier alpha value is -5.93. The van der Waals surface area contributed by atoms with E-state index in [-0.39, 0.29) is 38.5 Å². The van der Waals surface area contributed by atoms with Gasteiger partial charge in [-0.05, 0) is 75.3 Å². The maximum absolute atomic E-state index is 12.1. The highest BCUT2D eigenvalue weighted by molar-refractivity contribution is 6.02. The molecule has 7 rings (SSSR count). The van der Waals surface area contributed by atoms with Gasteiger partial charge in [0.15, 0.2) is 11.2 Å². The van der Waals surface area contributed by atoms with Gasteiger partial charge >= 0.3 is 23.5 Å². The number of unbranched alkanes of at least 4 members (excludes halogenated alkanes) is 4. The minimum Gasteiger partial charge on any atom is -0.435 e. The van der Waals surface area contributed by atoms with Crippen molar-refractivity contribution in [2.45, 2.75) is 96.4 Å². The summed E-state index contributed by atoms with van der Waals surface area (Å²) in [6.07, 6.45) is 15.8. The number of allylic oxidation sites excluding steroid dienone is 3. The van der Waals surface area contributed by atoms with Crippen molar-refractivity contribution in [3.8, 4) is 0 Å². The summed E-state index contributed by atoms with van der Waals surface area (Å²) >= 11 is 0. The predicted molar refractivity (Wildman–Crippen MR) is 183 cm³/mol. The van der Waals surface area contributed by atoms with Crippen molar-refractivity contribution in [1.29, 1.82) is 0 Å². The van der Waals surface area contributed by atoms with Crippen LogP contribution >= 0.6 is 0 Å². The first-order valence-corrected chi connectivity index (χ1v) is 18.0. The Balaban J connectivity index is 0.911. The highest BCUT2D eigenvalue weighted by atomic mass is 16.7. The Morgan fingerprint density at radius 3 is 2.11 bits per heavy atom. The lowest BCUT2D eigenvalue weighted by molar-refractivity contribution is -0.673. The zero-order valence-corrected chi connectivity index (χ0v) is 29.1. The van der Waals surface area contributed by atoms with Gasteiger partial charge < -0.3 is 23.4 Å². The van der Waals surface area contributed by atoms with Crippen molar-refractivity contribution >= 4 is 69.8 Å². The molecule has 0 spiro atoms. The van der Waals surface area contributed by atoms with E-state index >= 15 is 0 Å². The van der Waals surface area contributed by atoms with Gasteiger partial charge in [-0.2, -0.15) is 4.98 Å². The average molecular weight is 728 g/mol. The second-order valence-corrected chi connectivity index (χ2v) is 13.2. The third kappa shape index (κ3) is 8.10. The molecule has 16 heteroatoms. The third-order valence-corrected chi connectivity index (χ3v) is 9.36. The number of rotatable bonds is 15. The molecule has 3 aromatic heterocycles. The number of hydroxylamine groups is 4. The van der Waals surface area contributed by atoms with E-state index in [1.165, 1.54) is 0 Å². The normalized spacial score (nSPS) is 18.0. The summed E-state index contributed by atoms with van der Waals surface area (Å²) < 4.78 is 14.4. The molecule has 0 N–H and O–H groups in total. The number of amides is 4. The molecule has 0 unspecified atom stereocenters. The second-order valence-electron chi connectivity index (χ2n) is 13.2. The minimum absolute atomic E-state index is 0.0689. The molecule has 1 aliphatic carbocycles. The summed E-state index contributed by atoms with van der Waals surface area (Å²) in [5, 5.41) is 1.16. The predicted octanol–water partition coefficient (Wildman–Crippen LogP) is 2.58. The Morgan fingerprint density at radius 2 is 1.43 bits per heavy atom. The van der Waals surface area contributed by atoms with Crippen LogP contribution in [0.1, 0.15) is 95.8 Å². The van der Waals surface area contributed by atoms with Crippen molar-refractivity contribution < 1.29 is 51.8 Å². The van der Waals surface area contributed by atoms with Crippen LogP contribution in [-0.2, 0) is 45.0 Å². The van der Waals surface area contributed by atoms with Crippen molar-refractivity contribution in [1.82, 2.24) is 20.1 Å². The number of anilines is 1. The molecule has 3 aliphatic heterocycles. The van der Waals surface area contributed by atoms with E-state index in [1.807, 2.05) is 52.2 Å². The lowest BCUT2D eigenvalue weighted by atomic mass is 10.2. The first kappa shape index (κ1) is 35.5. The van der Waals surface area contributed by atoms with Crippen molar-refractivity contribution in [3.05, 3.63) is 53.5 Å². The molecule has 2 fully saturated rings. The number of carbonyl (C=O) groups is 6. The highest BCUT2D eigenvalue weighted by Crippen LogP contribution is 2.32. The number of aryl methyl sites for hydroxylation is 1. The number of aromatic nitrogens is 3. The van der Waals surface area contributed by atoms with E-state index in [9.17, 15) is 28.8 Å². The summed E-state index contributed by atoms with van der Waals surface area (Å²) in [6.45, 7) is 1.33. The molecular weight excluding hydrogens is 688 g/mol. The van der Waals surface area contributed by atoms with Crippen LogP contribution in [0, 0.1) is 0 Å². The van der Waals surface area contributed by atoms with Crippen LogP contribution in [-0.4, -0.2) is 62.2 Å². The van der Waals surface area contributed by atoms with Gasteiger partial charge in [0.05, 0.1) is 12.7 Å². The van der Waals surface area contributed by atoms with E-state index < -0.39 is 35.6 Å². The van der Waals surface area contributed by atoms with Crippen LogP contribution in [0.5, 0.6) is 0 Å². The summed E-state index contributed by atoms with van der Waals surface area (Å²) in [6, 6.07) is 3.78. The molecule has 0 radical (unpaired) electrons. The maximum Gasteiger partial charge on any atom is 0.370 e. The number of fused-ring (bicyclic) bond motifs is 2. The molecule has 0 atom stereocenters.